The van der Waals surface area contributed by atoms with E-state index in [2.05, 4.69) is 20.9 Å². The fourth-order valence-electron chi connectivity index (χ4n) is 0.489. The van der Waals surface area contributed by atoms with Crippen molar-refractivity contribution < 1.29 is 4.39 Å². The lowest BCUT2D eigenvalue weighted by Crippen LogP contribution is -1.84. The Morgan fingerprint density at radius 3 is 2.78 bits per heavy atom. The first-order valence-electron chi connectivity index (χ1n) is 2.48. The Morgan fingerprint density at radius 1 is 1.67 bits per heavy atom. The molecule has 48 valence electrons. The molecule has 1 heterocycles. The Labute approximate surface area is 61.0 Å². The number of halogens is 2. The van der Waals surface area contributed by atoms with Gasteiger partial charge in [-0.25, -0.2) is 9.37 Å². The van der Waals surface area contributed by atoms with Gasteiger partial charge in [0.1, 0.15) is 10.4 Å². The molecule has 0 radical (unpaired) electrons. The fraction of sp³-hybridized carbons (Fsp3) is 0.167. The van der Waals surface area contributed by atoms with Crippen LogP contribution < -0.4 is 0 Å². The predicted octanol–water partition coefficient (Wildman–Crippen LogP) is 2.29. The normalized spacial score (nSPS) is 9.67. The summed E-state index contributed by atoms with van der Waals surface area (Å²) in [5.41, 5.74) is 0.553. The molecule has 0 aromatic carbocycles. The Kier molecular flexibility index (Phi) is 1.81. The van der Waals surface area contributed by atoms with E-state index in [4.69, 9.17) is 0 Å². The average Bonchev–Trinajstić information content (AvgIpc) is 1.83. The van der Waals surface area contributed by atoms with Crippen LogP contribution in [0.1, 0.15) is 5.56 Å². The highest BCUT2D eigenvalue weighted by Gasteiger charge is 1.98. The molecule has 0 aliphatic rings. The molecule has 0 unspecified atom stereocenters. The molecule has 0 bridgehead atoms. The Hall–Kier alpha value is -0.440. The van der Waals surface area contributed by atoms with Crippen molar-refractivity contribution in [2.45, 2.75) is 6.92 Å². The number of rotatable bonds is 0. The van der Waals surface area contributed by atoms with E-state index in [0.29, 0.717) is 10.2 Å². The lowest BCUT2D eigenvalue weighted by molar-refractivity contribution is 0.614. The number of hydrogen-bond acceptors (Lipinski definition) is 1. The van der Waals surface area contributed by atoms with Crippen LogP contribution in [0.3, 0.4) is 0 Å². The first kappa shape index (κ1) is 6.68. The van der Waals surface area contributed by atoms with Crippen LogP contribution in [-0.4, -0.2) is 4.98 Å². The molecule has 0 atom stereocenters. The minimum absolute atomic E-state index is 0.225. The second-order valence-electron chi connectivity index (χ2n) is 1.71. The van der Waals surface area contributed by atoms with Crippen LogP contribution in [0.15, 0.2) is 16.9 Å². The molecule has 0 spiro atoms. The lowest BCUT2D eigenvalue weighted by atomic mass is 10.3. The van der Waals surface area contributed by atoms with Crippen LogP contribution in [0, 0.1) is 12.7 Å². The van der Waals surface area contributed by atoms with Crippen molar-refractivity contribution in [3.63, 3.8) is 0 Å². The Bertz CT molecular complexity index is 204. The van der Waals surface area contributed by atoms with E-state index in [9.17, 15) is 4.39 Å². The zero-order valence-electron chi connectivity index (χ0n) is 4.86. The first-order valence-corrected chi connectivity index (χ1v) is 3.27. The average molecular weight is 190 g/mol. The smallest absolute Gasteiger partial charge is 0.130 e. The van der Waals surface area contributed by atoms with E-state index in [1.54, 1.807) is 6.92 Å². The fourth-order valence-corrected chi connectivity index (χ4v) is 0.796. The number of hydrogen-bond donors (Lipinski definition) is 0. The van der Waals surface area contributed by atoms with Gasteiger partial charge in [-0.2, -0.15) is 0 Å². The van der Waals surface area contributed by atoms with Crippen molar-refractivity contribution in [2.24, 2.45) is 0 Å². The third kappa shape index (κ3) is 1.27. The minimum atomic E-state index is -0.225. The molecule has 0 N–H and O–H groups in total. The zero-order chi connectivity index (χ0) is 6.85. The maximum atomic E-state index is 12.5. The third-order valence-electron chi connectivity index (χ3n) is 1.08. The minimum Gasteiger partial charge on any atom is -0.249 e. The van der Waals surface area contributed by atoms with Crippen LogP contribution >= 0.6 is 15.9 Å². The molecule has 3 heteroatoms. The molecular weight excluding hydrogens is 185 g/mol. The summed E-state index contributed by atoms with van der Waals surface area (Å²) < 4.78 is 13.1. The van der Waals surface area contributed by atoms with Gasteiger partial charge in [0.05, 0.1) is 0 Å². The largest absolute Gasteiger partial charge is 0.249 e. The molecule has 0 saturated carbocycles. The maximum Gasteiger partial charge on any atom is 0.130 e. The molecular formula is C6H5BrFN. The van der Waals surface area contributed by atoms with E-state index in [1.807, 2.05) is 0 Å². The van der Waals surface area contributed by atoms with Crippen molar-refractivity contribution in [3.8, 4) is 0 Å². The van der Waals surface area contributed by atoms with Gasteiger partial charge in [0.25, 0.3) is 0 Å². The van der Waals surface area contributed by atoms with Crippen molar-refractivity contribution in [1.82, 2.24) is 4.98 Å². The molecule has 0 saturated heterocycles. The summed E-state index contributed by atoms with van der Waals surface area (Å²) >= 11 is 3.09. The predicted molar refractivity (Wildman–Crippen MR) is 36.6 cm³/mol. The molecule has 1 aromatic heterocycles. The summed E-state index contributed by atoms with van der Waals surface area (Å²) in [5.74, 6) is -0.225. The SMILES string of the molecule is Cc1c(F)ccnc1Br. The molecule has 1 aromatic rings. The molecule has 1 nitrogen and oxygen atoms in total. The van der Waals surface area contributed by atoms with Crippen molar-refractivity contribution >= 4 is 15.9 Å². The van der Waals surface area contributed by atoms with Gasteiger partial charge in [0, 0.05) is 11.8 Å². The van der Waals surface area contributed by atoms with Crippen LogP contribution in [-0.2, 0) is 0 Å². The van der Waals surface area contributed by atoms with Gasteiger partial charge in [0.15, 0.2) is 0 Å². The second kappa shape index (κ2) is 2.43. The highest BCUT2D eigenvalue weighted by atomic mass is 79.9. The van der Waals surface area contributed by atoms with Crippen LogP contribution in [0.25, 0.3) is 0 Å². The summed E-state index contributed by atoms with van der Waals surface area (Å²) in [6.45, 7) is 1.67. The van der Waals surface area contributed by atoms with Crippen molar-refractivity contribution in [2.75, 3.05) is 0 Å². The molecule has 0 aliphatic carbocycles. The van der Waals surface area contributed by atoms with Gasteiger partial charge in [0.2, 0.25) is 0 Å². The van der Waals surface area contributed by atoms with E-state index in [0.717, 1.165) is 0 Å². The van der Waals surface area contributed by atoms with Crippen molar-refractivity contribution in [1.29, 1.82) is 0 Å². The van der Waals surface area contributed by atoms with E-state index >= 15 is 0 Å². The monoisotopic (exact) mass is 189 g/mol. The molecule has 0 amide bonds. The van der Waals surface area contributed by atoms with E-state index in [1.165, 1.54) is 12.3 Å². The summed E-state index contributed by atoms with van der Waals surface area (Å²) in [7, 11) is 0. The summed E-state index contributed by atoms with van der Waals surface area (Å²) in [6.07, 6.45) is 1.42. The van der Waals surface area contributed by atoms with Crippen molar-refractivity contribution in [3.05, 3.63) is 28.2 Å². The number of pyridine rings is 1. The standard InChI is InChI=1S/C6H5BrFN/c1-4-5(8)2-3-9-6(4)7/h2-3H,1H3. The third-order valence-corrected chi connectivity index (χ3v) is 1.88. The van der Waals surface area contributed by atoms with Crippen LogP contribution in [0.5, 0.6) is 0 Å². The summed E-state index contributed by atoms with van der Waals surface area (Å²) in [5, 5.41) is 0. The van der Waals surface area contributed by atoms with Crippen LogP contribution in [0.4, 0.5) is 4.39 Å². The molecule has 9 heavy (non-hydrogen) atoms. The van der Waals surface area contributed by atoms with Gasteiger partial charge in [-0.15, -0.1) is 0 Å². The molecule has 1 rings (SSSR count). The number of aromatic nitrogens is 1. The summed E-state index contributed by atoms with van der Waals surface area (Å²) in [6, 6.07) is 1.33. The second-order valence-corrected chi connectivity index (χ2v) is 2.46. The van der Waals surface area contributed by atoms with Crippen LogP contribution in [0.2, 0.25) is 0 Å². The number of nitrogens with zero attached hydrogens (tertiary/aromatic N) is 1. The van der Waals surface area contributed by atoms with Gasteiger partial charge in [-0.05, 0) is 28.9 Å². The Balaban J connectivity index is 3.25. The van der Waals surface area contributed by atoms with E-state index in [-0.39, 0.29) is 5.82 Å². The maximum absolute atomic E-state index is 12.5. The van der Waals surface area contributed by atoms with Gasteiger partial charge < -0.3 is 0 Å². The topological polar surface area (TPSA) is 12.9 Å². The molecule has 0 fully saturated rings. The lowest BCUT2D eigenvalue weighted by Gasteiger charge is -1.94. The highest BCUT2D eigenvalue weighted by molar-refractivity contribution is 9.10. The summed E-state index contributed by atoms with van der Waals surface area (Å²) in [4.78, 5) is 3.82. The van der Waals surface area contributed by atoms with Gasteiger partial charge in [-0.1, -0.05) is 0 Å². The Morgan fingerprint density at radius 2 is 2.33 bits per heavy atom. The first-order chi connectivity index (χ1) is 4.22. The van der Waals surface area contributed by atoms with Gasteiger partial charge >= 0.3 is 0 Å². The van der Waals surface area contributed by atoms with Gasteiger partial charge in [-0.3, -0.25) is 0 Å². The van der Waals surface area contributed by atoms with E-state index < -0.39 is 0 Å². The quantitative estimate of drug-likeness (QED) is 0.572. The molecule has 0 aliphatic heterocycles. The zero-order valence-corrected chi connectivity index (χ0v) is 6.44. The highest BCUT2D eigenvalue weighted by Crippen LogP contribution is 2.13.